The molecule has 1 unspecified atom stereocenters. The lowest BCUT2D eigenvalue weighted by Gasteiger charge is -2.21. The number of likely N-dealkylation sites (N-methyl/N-ethyl adjacent to an activating group) is 1. The van der Waals surface area contributed by atoms with E-state index in [1.807, 2.05) is 0 Å². The van der Waals surface area contributed by atoms with Crippen molar-refractivity contribution in [3.8, 4) is 0 Å². The molecule has 2 nitrogen and oxygen atoms in total. The maximum atomic E-state index is 6.24. The van der Waals surface area contributed by atoms with Gasteiger partial charge in [0.15, 0.2) is 0 Å². The highest BCUT2D eigenvalue weighted by atomic mass is 15.2. The van der Waals surface area contributed by atoms with E-state index in [2.05, 4.69) is 44.0 Å². The number of nitrogens with two attached hydrogens (primary N) is 1. The Morgan fingerprint density at radius 3 is 2.56 bits per heavy atom. The van der Waals surface area contributed by atoms with E-state index < -0.39 is 0 Å². The summed E-state index contributed by atoms with van der Waals surface area (Å²) >= 11 is 0. The topological polar surface area (TPSA) is 29.3 Å². The fourth-order valence-electron chi connectivity index (χ4n) is 2.08. The average Bonchev–Trinajstić information content (AvgIpc) is 3.05. The van der Waals surface area contributed by atoms with Gasteiger partial charge in [-0.15, -0.1) is 0 Å². The molecular formula is C14H22N2. The largest absolute Gasteiger partial charge is 0.323 e. The SMILES string of the molecule is Cc1ccc(C(N)CN(C)C2CC2)cc1C. The molecular weight excluding hydrogens is 196 g/mol. The van der Waals surface area contributed by atoms with Gasteiger partial charge in [-0.2, -0.15) is 0 Å². The first kappa shape index (κ1) is 11.6. The Hall–Kier alpha value is -0.860. The lowest BCUT2D eigenvalue weighted by Crippen LogP contribution is -2.30. The van der Waals surface area contributed by atoms with Crippen LogP contribution in [0.2, 0.25) is 0 Å². The van der Waals surface area contributed by atoms with Crippen molar-refractivity contribution in [2.24, 2.45) is 5.73 Å². The van der Waals surface area contributed by atoms with Crippen molar-refractivity contribution in [3.63, 3.8) is 0 Å². The van der Waals surface area contributed by atoms with Crippen molar-refractivity contribution in [2.45, 2.75) is 38.8 Å². The number of rotatable bonds is 4. The van der Waals surface area contributed by atoms with Crippen molar-refractivity contribution in [3.05, 3.63) is 34.9 Å². The molecule has 0 aliphatic heterocycles. The maximum absolute atomic E-state index is 6.24. The van der Waals surface area contributed by atoms with Crippen LogP contribution in [-0.2, 0) is 0 Å². The van der Waals surface area contributed by atoms with Crippen LogP contribution in [0.25, 0.3) is 0 Å². The molecule has 1 aromatic rings. The zero-order valence-electron chi connectivity index (χ0n) is 10.5. The van der Waals surface area contributed by atoms with Crippen molar-refractivity contribution >= 4 is 0 Å². The normalized spacial score (nSPS) is 17.8. The van der Waals surface area contributed by atoms with Gasteiger partial charge in [0.05, 0.1) is 0 Å². The molecule has 88 valence electrons. The van der Waals surface area contributed by atoms with Gasteiger partial charge in [0.2, 0.25) is 0 Å². The molecule has 1 fully saturated rings. The molecule has 2 rings (SSSR count). The molecule has 1 aromatic carbocycles. The molecule has 0 bridgehead atoms. The Morgan fingerprint density at radius 1 is 1.31 bits per heavy atom. The summed E-state index contributed by atoms with van der Waals surface area (Å²) in [6, 6.07) is 7.48. The molecule has 2 heteroatoms. The van der Waals surface area contributed by atoms with Crippen molar-refractivity contribution in [2.75, 3.05) is 13.6 Å². The molecule has 0 saturated heterocycles. The number of aryl methyl sites for hydroxylation is 2. The summed E-state index contributed by atoms with van der Waals surface area (Å²) in [6.07, 6.45) is 2.69. The van der Waals surface area contributed by atoms with E-state index in [4.69, 9.17) is 5.73 Å². The van der Waals surface area contributed by atoms with E-state index in [1.54, 1.807) is 0 Å². The zero-order valence-corrected chi connectivity index (χ0v) is 10.5. The predicted molar refractivity (Wildman–Crippen MR) is 68.5 cm³/mol. The van der Waals surface area contributed by atoms with E-state index in [0.29, 0.717) is 0 Å². The van der Waals surface area contributed by atoms with Gasteiger partial charge >= 0.3 is 0 Å². The summed E-state index contributed by atoms with van der Waals surface area (Å²) in [5.74, 6) is 0. The van der Waals surface area contributed by atoms with Crippen LogP contribution in [0.3, 0.4) is 0 Å². The van der Waals surface area contributed by atoms with Gasteiger partial charge in [0.25, 0.3) is 0 Å². The number of hydrogen-bond acceptors (Lipinski definition) is 2. The van der Waals surface area contributed by atoms with Crippen molar-refractivity contribution in [1.29, 1.82) is 0 Å². The van der Waals surface area contributed by atoms with Gasteiger partial charge < -0.3 is 10.6 Å². The van der Waals surface area contributed by atoms with Gasteiger partial charge in [-0.05, 0) is 50.4 Å². The molecule has 2 N–H and O–H groups in total. The highest BCUT2D eigenvalue weighted by Crippen LogP contribution is 2.27. The van der Waals surface area contributed by atoms with Crippen molar-refractivity contribution < 1.29 is 0 Å². The molecule has 16 heavy (non-hydrogen) atoms. The van der Waals surface area contributed by atoms with E-state index in [0.717, 1.165) is 12.6 Å². The first-order valence-electron chi connectivity index (χ1n) is 6.11. The van der Waals surface area contributed by atoms with Crippen LogP contribution in [0, 0.1) is 13.8 Å². The first-order chi connectivity index (χ1) is 7.58. The smallest absolute Gasteiger partial charge is 0.0424 e. The van der Waals surface area contributed by atoms with E-state index >= 15 is 0 Å². The van der Waals surface area contributed by atoms with Gasteiger partial charge in [-0.1, -0.05) is 18.2 Å². The van der Waals surface area contributed by atoms with Crippen LogP contribution in [0.5, 0.6) is 0 Å². The van der Waals surface area contributed by atoms with E-state index in [1.165, 1.54) is 29.5 Å². The third kappa shape index (κ3) is 2.63. The second-order valence-corrected chi connectivity index (χ2v) is 5.12. The molecule has 1 aliphatic rings. The second kappa shape index (κ2) is 4.56. The van der Waals surface area contributed by atoms with Crippen LogP contribution in [0.15, 0.2) is 18.2 Å². The Bertz CT molecular complexity index is 369. The van der Waals surface area contributed by atoms with Crippen LogP contribution in [0.1, 0.15) is 35.6 Å². The standard InChI is InChI=1S/C14H22N2/c1-10-4-5-12(8-11(10)2)14(15)9-16(3)13-6-7-13/h4-5,8,13-14H,6-7,9,15H2,1-3H3. The molecule has 1 atom stereocenters. The summed E-state index contributed by atoms with van der Waals surface area (Å²) in [7, 11) is 2.18. The molecule has 0 heterocycles. The van der Waals surface area contributed by atoms with E-state index in [-0.39, 0.29) is 6.04 Å². The third-order valence-corrected chi connectivity index (χ3v) is 3.61. The van der Waals surface area contributed by atoms with Crippen LogP contribution >= 0.6 is 0 Å². The Labute approximate surface area is 98.4 Å². The number of hydrogen-bond donors (Lipinski definition) is 1. The highest BCUT2D eigenvalue weighted by molar-refractivity contribution is 5.31. The molecule has 0 amide bonds. The minimum Gasteiger partial charge on any atom is -0.323 e. The van der Waals surface area contributed by atoms with E-state index in [9.17, 15) is 0 Å². The van der Waals surface area contributed by atoms with Crippen LogP contribution in [-0.4, -0.2) is 24.5 Å². The van der Waals surface area contributed by atoms with Crippen molar-refractivity contribution in [1.82, 2.24) is 4.90 Å². The number of benzene rings is 1. The van der Waals surface area contributed by atoms with Gasteiger partial charge in [0, 0.05) is 18.6 Å². The van der Waals surface area contributed by atoms with Gasteiger partial charge in [-0.25, -0.2) is 0 Å². The molecule has 0 spiro atoms. The molecule has 0 aromatic heterocycles. The molecule has 1 saturated carbocycles. The summed E-state index contributed by atoms with van der Waals surface area (Å²) in [4.78, 5) is 2.39. The summed E-state index contributed by atoms with van der Waals surface area (Å²) in [5.41, 5.74) is 10.2. The minimum absolute atomic E-state index is 0.143. The maximum Gasteiger partial charge on any atom is 0.0424 e. The Morgan fingerprint density at radius 2 is 2.00 bits per heavy atom. The second-order valence-electron chi connectivity index (χ2n) is 5.12. The predicted octanol–water partition coefficient (Wildman–Crippen LogP) is 2.40. The Balaban J connectivity index is 2.01. The van der Waals surface area contributed by atoms with Gasteiger partial charge in [-0.3, -0.25) is 0 Å². The summed E-state index contributed by atoms with van der Waals surface area (Å²) in [6.45, 7) is 5.25. The molecule has 1 aliphatic carbocycles. The van der Waals surface area contributed by atoms with Crippen LogP contribution in [0.4, 0.5) is 0 Å². The summed E-state index contributed by atoms with van der Waals surface area (Å²) in [5, 5.41) is 0. The molecule has 0 radical (unpaired) electrons. The fraction of sp³-hybridized carbons (Fsp3) is 0.571. The Kier molecular flexibility index (Phi) is 3.31. The first-order valence-corrected chi connectivity index (χ1v) is 6.11. The minimum atomic E-state index is 0.143. The number of nitrogens with zero attached hydrogens (tertiary/aromatic N) is 1. The van der Waals surface area contributed by atoms with Gasteiger partial charge in [0.1, 0.15) is 0 Å². The monoisotopic (exact) mass is 218 g/mol. The third-order valence-electron chi connectivity index (χ3n) is 3.61. The summed E-state index contributed by atoms with van der Waals surface area (Å²) < 4.78 is 0. The zero-order chi connectivity index (χ0) is 11.7. The highest BCUT2D eigenvalue weighted by Gasteiger charge is 2.27. The lowest BCUT2D eigenvalue weighted by molar-refractivity contribution is 0.303. The lowest BCUT2D eigenvalue weighted by atomic mass is 10.0. The fourth-order valence-corrected chi connectivity index (χ4v) is 2.08. The quantitative estimate of drug-likeness (QED) is 0.841. The average molecular weight is 218 g/mol. The van der Waals surface area contributed by atoms with Crippen LogP contribution < -0.4 is 5.73 Å².